The van der Waals surface area contributed by atoms with Gasteiger partial charge in [0.1, 0.15) is 25.0 Å². The molecule has 0 saturated heterocycles. The fourth-order valence-corrected chi connectivity index (χ4v) is 4.49. The Kier molecular flexibility index (Phi) is 10.6. The quantitative estimate of drug-likeness (QED) is 0.120. The Balaban J connectivity index is 1.22. The molecule has 0 saturated carbocycles. The Morgan fingerprint density at radius 1 is 0.556 bits per heavy atom. The van der Waals surface area contributed by atoms with Crippen LogP contribution >= 0.6 is 0 Å². The molecule has 226 valence electrons. The van der Waals surface area contributed by atoms with Crippen molar-refractivity contribution in [2.45, 2.75) is 25.7 Å². The van der Waals surface area contributed by atoms with Crippen molar-refractivity contribution in [1.82, 2.24) is 5.32 Å². The third-order valence-corrected chi connectivity index (χ3v) is 6.84. The lowest BCUT2D eigenvalue weighted by Gasteiger charge is -2.19. The van der Waals surface area contributed by atoms with Gasteiger partial charge >= 0.3 is 12.2 Å². The average molecular weight is 601 g/mol. The maximum Gasteiger partial charge on any atom is 0.514 e. The van der Waals surface area contributed by atoms with Crippen LogP contribution in [0.2, 0.25) is 0 Å². The molecule has 8 heteroatoms. The molecule has 1 atom stereocenters. The number of hydrogen-bond acceptors (Lipinski definition) is 6. The van der Waals surface area contributed by atoms with Gasteiger partial charge in [-0.05, 0) is 52.1 Å². The summed E-state index contributed by atoms with van der Waals surface area (Å²) in [5.74, 6) is -0.129. The van der Waals surface area contributed by atoms with Crippen molar-refractivity contribution in [2.75, 3.05) is 5.32 Å². The van der Waals surface area contributed by atoms with E-state index in [1.807, 2.05) is 115 Å². The van der Waals surface area contributed by atoms with Gasteiger partial charge < -0.3 is 24.8 Å². The Hall–Kier alpha value is -5.89. The van der Waals surface area contributed by atoms with Gasteiger partial charge in [-0.15, -0.1) is 0 Å². The monoisotopic (exact) mass is 600 g/mol. The normalized spacial score (nSPS) is 11.1. The first-order valence-electron chi connectivity index (χ1n) is 14.4. The van der Waals surface area contributed by atoms with Gasteiger partial charge in [0.15, 0.2) is 0 Å². The molecule has 5 aromatic carbocycles. The summed E-state index contributed by atoms with van der Waals surface area (Å²) in [6.07, 6.45) is -1.39. The van der Waals surface area contributed by atoms with Crippen LogP contribution < -0.4 is 15.4 Å². The highest BCUT2D eigenvalue weighted by molar-refractivity contribution is 5.97. The Bertz CT molecular complexity index is 1680. The van der Waals surface area contributed by atoms with Crippen LogP contribution in [0.4, 0.5) is 15.3 Å². The van der Waals surface area contributed by atoms with E-state index in [4.69, 9.17) is 14.2 Å². The highest BCUT2D eigenvalue weighted by Crippen LogP contribution is 2.21. The maximum absolute atomic E-state index is 13.4. The second-order valence-electron chi connectivity index (χ2n) is 10.2. The first-order chi connectivity index (χ1) is 22.0. The minimum absolute atomic E-state index is 0.0639. The van der Waals surface area contributed by atoms with Crippen molar-refractivity contribution in [3.63, 3.8) is 0 Å². The van der Waals surface area contributed by atoms with Crippen molar-refractivity contribution in [2.24, 2.45) is 0 Å². The van der Waals surface area contributed by atoms with Crippen molar-refractivity contribution in [3.8, 4) is 16.9 Å². The van der Waals surface area contributed by atoms with Crippen LogP contribution in [-0.4, -0.2) is 24.2 Å². The standard InChI is InChI=1S/C37H32N2O6/c40-35(38-32-20-18-31(19-21-32)30-14-8-3-9-15-30)34(39-36(41)43-25-28-10-4-1-5-11-28)24-27-16-22-33(23-17-27)45-37(42)44-26-29-12-6-2-7-13-29/h1-23,34H,24-26H2,(H,38,40)(H,39,41)/t34-/m0/s1. The number of ether oxygens (including phenoxy) is 3. The zero-order valence-electron chi connectivity index (χ0n) is 24.4. The summed E-state index contributed by atoms with van der Waals surface area (Å²) in [6.45, 7) is 0.157. The van der Waals surface area contributed by atoms with Gasteiger partial charge in [-0.2, -0.15) is 0 Å². The predicted octanol–water partition coefficient (Wildman–Crippen LogP) is 7.55. The van der Waals surface area contributed by atoms with Gasteiger partial charge in [0, 0.05) is 12.1 Å². The summed E-state index contributed by atoms with van der Waals surface area (Å²) < 4.78 is 15.8. The molecule has 0 radical (unpaired) electrons. The molecule has 2 amide bonds. The summed E-state index contributed by atoms with van der Waals surface area (Å²) >= 11 is 0. The summed E-state index contributed by atoms with van der Waals surface area (Å²) in [5.41, 5.74) is 5.05. The third-order valence-electron chi connectivity index (χ3n) is 6.84. The fraction of sp³-hybridized carbons (Fsp3) is 0.108. The lowest BCUT2D eigenvalue weighted by atomic mass is 10.0. The number of alkyl carbamates (subject to hydrolysis) is 1. The maximum atomic E-state index is 13.4. The predicted molar refractivity (Wildman–Crippen MR) is 171 cm³/mol. The summed E-state index contributed by atoms with van der Waals surface area (Å²) in [5, 5.41) is 5.58. The number of benzene rings is 5. The van der Waals surface area contributed by atoms with Crippen LogP contribution in [0.15, 0.2) is 140 Å². The van der Waals surface area contributed by atoms with Crippen molar-refractivity contribution in [3.05, 3.63) is 156 Å². The van der Waals surface area contributed by atoms with Crippen LogP contribution in [0.1, 0.15) is 16.7 Å². The van der Waals surface area contributed by atoms with E-state index in [9.17, 15) is 14.4 Å². The number of rotatable bonds is 11. The van der Waals surface area contributed by atoms with Gasteiger partial charge in [0.2, 0.25) is 5.91 Å². The van der Waals surface area contributed by atoms with Gasteiger partial charge in [-0.25, -0.2) is 9.59 Å². The van der Waals surface area contributed by atoms with Gasteiger partial charge in [0.25, 0.3) is 0 Å². The largest absolute Gasteiger partial charge is 0.514 e. The first-order valence-corrected chi connectivity index (χ1v) is 14.4. The molecule has 0 aromatic heterocycles. The summed E-state index contributed by atoms with van der Waals surface area (Å²) in [4.78, 5) is 38.3. The van der Waals surface area contributed by atoms with E-state index in [2.05, 4.69) is 10.6 Å². The van der Waals surface area contributed by atoms with Gasteiger partial charge in [-0.3, -0.25) is 4.79 Å². The molecule has 0 spiro atoms. The molecular weight excluding hydrogens is 568 g/mol. The van der Waals surface area contributed by atoms with E-state index in [0.29, 0.717) is 5.69 Å². The number of amides is 2. The smallest absolute Gasteiger partial charge is 0.445 e. The Morgan fingerprint density at radius 3 is 1.69 bits per heavy atom. The number of carbonyl (C=O) groups excluding carboxylic acids is 3. The summed E-state index contributed by atoms with van der Waals surface area (Å²) in [7, 11) is 0. The zero-order chi connectivity index (χ0) is 31.3. The van der Waals surface area contributed by atoms with Crippen molar-refractivity contribution < 1.29 is 28.6 Å². The van der Waals surface area contributed by atoms with Crippen LogP contribution in [0.25, 0.3) is 11.1 Å². The molecule has 0 unspecified atom stereocenters. The second-order valence-corrected chi connectivity index (χ2v) is 10.2. The Labute approximate surface area is 261 Å². The topological polar surface area (TPSA) is 103 Å². The lowest BCUT2D eigenvalue weighted by Crippen LogP contribution is -2.45. The highest BCUT2D eigenvalue weighted by Gasteiger charge is 2.23. The number of carbonyl (C=O) groups is 3. The number of hydrogen-bond donors (Lipinski definition) is 2. The first kappa shape index (κ1) is 30.6. The van der Waals surface area contributed by atoms with Crippen molar-refractivity contribution in [1.29, 1.82) is 0 Å². The fourth-order valence-electron chi connectivity index (χ4n) is 4.49. The molecule has 0 aliphatic rings. The van der Waals surface area contributed by atoms with E-state index in [-0.39, 0.29) is 25.4 Å². The minimum Gasteiger partial charge on any atom is -0.445 e. The molecule has 5 rings (SSSR count). The average Bonchev–Trinajstić information content (AvgIpc) is 3.08. The third kappa shape index (κ3) is 9.56. The molecule has 0 fully saturated rings. The lowest BCUT2D eigenvalue weighted by molar-refractivity contribution is -0.118. The second kappa shape index (κ2) is 15.5. The number of nitrogens with one attached hydrogen (secondary N) is 2. The van der Waals surface area contributed by atoms with Crippen LogP contribution in [0, 0.1) is 0 Å². The molecule has 2 N–H and O–H groups in total. The molecule has 0 aliphatic heterocycles. The van der Waals surface area contributed by atoms with Gasteiger partial charge in [0.05, 0.1) is 0 Å². The Morgan fingerprint density at radius 2 is 1.09 bits per heavy atom. The molecule has 0 bridgehead atoms. The highest BCUT2D eigenvalue weighted by atomic mass is 16.7. The minimum atomic E-state index is -0.954. The molecule has 45 heavy (non-hydrogen) atoms. The van der Waals surface area contributed by atoms with Gasteiger partial charge in [-0.1, -0.05) is 115 Å². The van der Waals surface area contributed by atoms with E-state index >= 15 is 0 Å². The van der Waals surface area contributed by atoms with Crippen LogP contribution in [-0.2, 0) is 33.9 Å². The van der Waals surface area contributed by atoms with E-state index < -0.39 is 24.2 Å². The summed E-state index contributed by atoms with van der Waals surface area (Å²) in [6, 6.07) is 41.6. The SMILES string of the molecule is O=C(N[C@@H](Cc1ccc(OC(=O)OCc2ccccc2)cc1)C(=O)Nc1ccc(-c2ccccc2)cc1)OCc1ccccc1. The molecular formula is C37H32N2O6. The van der Waals surface area contributed by atoms with Crippen LogP contribution in [0.5, 0.6) is 5.75 Å². The molecule has 5 aromatic rings. The van der Waals surface area contributed by atoms with E-state index in [0.717, 1.165) is 27.8 Å². The van der Waals surface area contributed by atoms with E-state index in [1.165, 1.54) is 0 Å². The molecule has 8 nitrogen and oxygen atoms in total. The number of anilines is 1. The van der Waals surface area contributed by atoms with Crippen LogP contribution in [0.3, 0.4) is 0 Å². The molecule has 0 heterocycles. The molecule has 0 aliphatic carbocycles. The zero-order valence-corrected chi connectivity index (χ0v) is 24.4. The van der Waals surface area contributed by atoms with Crippen molar-refractivity contribution >= 4 is 23.8 Å². The van der Waals surface area contributed by atoms with E-state index in [1.54, 1.807) is 24.3 Å².